The van der Waals surface area contributed by atoms with E-state index in [2.05, 4.69) is 20.9 Å². The molecule has 2 amide bonds. The lowest BCUT2D eigenvalue weighted by molar-refractivity contribution is -0.0552. The molecule has 3 N–H and O–H groups in total. The van der Waals surface area contributed by atoms with Crippen molar-refractivity contribution in [1.29, 1.82) is 0 Å². The minimum absolute atomic E-state index is 0.101. The van der Waals surface area contributed by atoms with E-state index in [-0.39, 0.29) is 31.7 Å². The van der Waals surface area contributed by atoms with Crippen molar-refractivity contribution in [1.82, 2.24) is 15.6 Å². The highest BCUT2D eigenvalue weighted by molar-refractivity contribution is 6.35. The van der Waals surface area contributed by atoms with Crippen molar-refractivity contribution in [2.75, 3.05) is 18.5 Å². The molecule has 1 unspecified atom stereocenters. The molecule has 1 aromatic carbocycles. The number of nitrogens with one attached hydrogen (secondary N) is 3. The fourth-order valence-electron chi connectivity index (χ4n) is 4.71. The van der Waals surface area contributed by atoms with E-state index in [0.717, 1.165) is 19.4 Å². The van der Waals surface area contributed by atoms with Crippen LogP contribution in [-0.4, -0.2) is 36.2 Å². The number of anilines is 1. The van der Waals surface area contributed by atoms with E-state index in [1.807, 2.05) is 0 Å². The molecule has 2 aliphatic heterocycles. The van der Waals surface area contributed by atoms with Crippen LogP contribution in [0, 0.1) is 0 Å². The van der Waals surface area contributed by atoms with Gasteiger partial charge < -0.3 is 25.1 Å². The van der Waals surface area contributed by atoms with Gasteiger partial charge in [0.15, 0.2) is 5.58 Å². The second-order valence-corrected chi connectivity index (χ2v) is 8.78. The normalized spacial score (nSPS) is 25.0. The minimum atomic E-state index is -2.74. The number of ether oxygens (including phenoxy) is 1. The molecule has 1 aromatic heterocycles. The standard InChI is InChI=1S/C20H23ClF2N4O3/c21-12-8-13-17(30-14(25-13)9-24-11-2-1-7-29-10-11)15-16(12)26-18(28)27-19(15)3-5-20(22,23)6-4-19/h8,11,24H,1-7,9-10H2,(H2,26,27,28). The average Bonchev–Trinajstić information content (AvgIpc) is 3.12. The minimum Gasteiger partial charge on any atom is -0.439 e. The molecule has 1 spiro atoms. The second-order valence-electron chi connectivity index (χ2n) is 8.38. The predicted octanol–water partition coefficient (Wildman–Crippen LogP) is 4.29. The highest BCUT2D eigenvalue weighted by Gasteiger charge is 2.50. The monoisotopic (exact) mass is 440 g/mol. The Kier molecular flexibility index (Phi) is 4.87. The zero-order chi connectivity index (χ0) is 20.9. The fourth-order valence-corrected chi connectivity index (χ4v) is 4.96. The molecule has 5 rings (SSSR count). The van der Waals surface area contributed by atoms with Crippen molar-refractivity contribution in [3.05, 3.63) is 22.5 Å². The topological polar surface area (TPSA) is 88.4 Å². The summed E-state index contributed by atoms with van der Waals surface area (Å²) in [6.07, 6.45) is 1.60. The molecule has 162 valence electrons. The molecule has 2 fully saturated rings. The van der Waals surface area contributed by atoms with Gasteiger partial charge in [0.25, 0.3) is 0 Å². The van der Waals surface area contributed by atoms with Gasteiger partial charge in [-0.15, -0.1) is 0 Å². The molecule has 1 saturated heterocycles. The van der Waals surface area contributed by atoms with E-state index >= 15 is 0 Å². The molecule has 1 aliphatic carbocycles. The van der Waals surface area contributed by atoms with Crippen LogP contribution in [0.25, 0.3) is 11.1 Å². The summed E-state index contributed by atoms with van der Waals surface area (Å²) in [5.74, 6) is -2.26. The zero-order valence-electron chi connectivity index (χ0n) is 16.3. The van der Waals surface area contributed by atoms with E-state index in [9.17, 15) is 13.6 Å². The quantitative estimate of drug-likeness (QED) is 0.662. The highest BCUT2D eigenvalue weighted by atomic mass is 35.5. The Morgan fingerprint density at radius 1 is 1.30 bits per heavy atom. The SMILES string of the molecule is O=C1Nc2c(Cl)cc3nc(CNC4CCCOC4)oc3c2C2(CCC(F)(F)CC2)N1. The van der Waals surface area contributed by atoms with Crippen molar-refractivity contribution in [3.8, 4) is 0 Å². The van der Waals surface area contributed by atoms with Crippen LogP contribution < -0.4 is 16.0 Å². The number of fused-ring (bicyclic) bond motifs is 4. The number of benzene rings is 1. The largest absolute Gasteiger partial charge is 0.439 e. The van der Waals surface area contributed by atoms with Gasteiger partial charge in [-0.25, -0.2) is 18.6 Å². The van der Waals surface area contributed by atoms with Crippen LogP contribution in [0.5, 0.6) is 0 Å². The van der Waals surface area contributed by atoms with Crippen LogP contribution in [0.4, 0.5) is 19.3 Å². The number of hydrogen-bond donors (Lipinski definition) is 3. The summed E-state index contributed by atoms with van der Waals surface area (Å²) >= 11 is 6.45. The van der Waals surface area contributed by atoms with Crippen LogP contribution in [-0.2, 0) is 16.8 Å². The zero-order valence-corrected chi connectivity index (χ0v) is 17.1. The molecule has 1 saturated carbocycles. The maximum atomic E-state index is 13.9. The van der Waals surface area contributed by atoms with Crippen LogP contribution in [0.1, 0.15) is 50.0 Å². The summed E-state index contributed by atoms with van der Waals surface area (Å²) < 4.78 is 39.3. The number of urea groups is 1. The average molecular weight is 441 g/mol. The third-order valence-electron chi connectivity index (χ3n) is 6.28. The maximum Gasteiger partial charge on any atom is 0.319 e. The number of oxazole rings is 1. The lowest BCUT2D eigenvalue weighted by Crippen LogP contribution is -2.54. The molecule has 10 heteroatoms. The maximum absolute atomic E-state index is 13.9. The number of nitrogens with zero attached hydrogens (tertiary/aromatic N) is 1. The van der Waals surface area contributed by atoms with Gasteiger partial charge >= 0.3 is 6.03 Å². The number of rotatable bonds is 3. The number of hydrogen-bond acceptors (Lipinski definition) is 5. The Morgan fingerprint density at radius 2 is 2.10 bits per heavy atom. The van der Waals surface area contributed by atoms with Crippen molar-refractivity contribution in [2.45, 2.75) is 62.6 Å². The molecule has 30 heavy (non-hydrogen) atoms. The van der Waals surface area contributed by atoms with Crippen molar-refractivity contribution in [3.63, 3.8) is 0 Å². The second kappa shape index (κ2) is 7.32. The van der Waals surface area contributed by atoms with E-state index in [0.29, 0.717) is 46.4 Å². The summed E-state index contributed by atoms with van der Waals surface area (Å²) in [6.45, 7) is 1.85. The van der Waals surface area contributed by atoms with E-state index < -0.39 is 17.5 Å². The first-order chi connectivity index (χ1) is 14.4. The molecule has 1 atom stereocenters. The van der Waals surface area contributed by atoms with Crippen LogP contribution >= 0.6 is 11.6 Å². The van der Waals surface area contributed by atoms with Crippen LogP contribution in [0.15, 0.2) is 10.5 Å². The van der Waals surface area contributed by atoms with Gasteiger partial charge in [0, 0.05) is 31.1 Å². The molecule has 3 aliphatic rings. The lowest BCUT2D eigenvalue weighted by Gasteiger charge is -2.44. The van der Waals surface area contributed by atoms with Crippen LogP contribution in [0.3, 0.4) is 0 Å². The number of halogens is 3. The van der Waals surface area contributed by atoms with Gasteiger partial charge in [0.2, 0.25) is 11.8 Å². The summed E-state index contributed by atoms with van der Waals surface area (Å²) in [5.41, 5.74) is 1.09. The van der Waals surface area contributed by atoms with Gasteiger partial charge in [-0.1, -0.05) is 11.6 Å². The Bertz CT molecular complexity index is 980. The first-order valence-electron chi connectivity index (χ1n) is 10.3. The summed E-state index contributed by atoms with van der Waals surface area (Å²) in [5, 5.41) is 9.29. The van der Waals surface area contributed by atoms with Gasteiger partial charge in [0.05, 0.1) is 29.4 Å². The number of amides is 2. The first-order valence-corrected chi connectivity index (χ1v) is 10.6. The molecule has 0 bridgehead atoms. The number of carbonyl (C=O) groups excluding carboxylic acids is 1. The van der Waals surface area contributed by atoms with Gasteiger partial charge in [0.1, 0.15) is 5.52 Å². The predicted molar refractivity (Wildman–Crippen MR) is 107 cm³/mol. The summed E-state index contributed by atoms with van der Waals surface area (Å²) in [4.78, 5) is 16.8. The first kappa shape index (κ1) is 20.0. The molecule has 0 radical (unpaired) electrons. The van der Waals surface area contributed by atoms with Gasteiger partial charge in [-0.3, -0.25) is 0 Å². The Hall–Kier alpha value is -1.97. The molecule has 7 nitrogen and oxygen atoms in total. The highest BCUT2D eigenvalue weighted by Crippen LogP contribution is 2.51. The summed E-state index contributed by atoms with van der Waals surface area (Å²) in [6, 6.07) is 1.43. The number of carbonyl (C=O) groups is 1. The third kappa shape index (κ3) is 3.52. The molecule has 3 heterocycles. The Morgan fingerprint density at radius 3 is 2.83 bits per heavy atom. The van der Waals surface area contributed by atoms with Gasteiger partial charge in [-0.05, 0) is 31.7 Å². The summed E-state index contributed by atoms with van der Waals surface area (Å²) in [7, 11) is 0. The molecular weight excluding hydrogens is 418 g/mol. The van der Waals surface area contributed by atoms with Crippen molar-refractivity contribution >= 4 is 34.4 Å². The third-order valence-corrected chi connectivity index (χ3v) is 6.58. The number of alkyl halides is 2. The smallest absolute Gasteiger partial charge is 0.319 e. The lowest BCUT2D eigenvalue weighted by atomic mass is 9.73. The van der Waals surface area contributed by atoms with E-state index in [1.165, 1.54) is 0 Å². The van der Waals surface area contributed by atoms with Crippen molar-refractivity contribution < 1.29 is 22.7 Å². The Balaban J connectivity index is 1.52. The molecular formula is C20H23ClF2N4O3. The van der Waals surface area contributed by atoms with E-state index in [4.69, 9.17) is 20.8 Å². The molecule has 2 aromatic rings. The fraction of sp³-hybridized carbons (Fsp3) is 0.600. The van der Waals surface area contributed by atoms with Crippen LogP contribution in [0.2, 0.25) is 5.02 Å². The Labute approximate surface area is 176 Å². The number of aromatic nitrogens is 1. The van der Waals surface area contributed by atoms with Crippen molar-refractivity contribution in [2.24, 2.45) is 0 Å². The van der Waals surface area contributed by atoms with E-state index in [1.54, 1.807) is 6.07 Å². The van der Waals surface area contributed by atoms with Gasteiger partial charge in [-0.2, -0.15) is 0 Å².